The Labute approximate surface area is 194 Å². The van der Waals surface area contributed by atoms with Gasteiger partial charge in [0.1, 0.15) is 18.2 Å². The summed E-state index contributed by atoms with van der Waals surface area (Å²) in [6.45, 7) is -0.0874. The van der Waals surface area contributed by atoms with E-state index in [4.69, 9.17) is 10.00 Å². The minimum Gasteiger partial charge on any atom is -0.550 e. The number of sulfonamides is 1. The quantitative estimate of drug-likeness (QED) is 0.432. The van der Waals surface area contributed by atoms with Gasteiger partial charge in [-0.3, -0.25) is 0 Å². The number of carboxylic acids is 2. The third-order valence-electron chi connectivity index (χ3n) is 4.89. The summed E-state index contributed by atoms with van der Waals surface area (Å²) in [4.78, 5) is 21.5. The van der Waals surface area contributed by atoms with E-state index in [9.17, 15) is 32.6 Å². The number of hydrogen-bond acceptors (Lipinski definition) is 8. The maximum absolute atomic E-state index is 14.0. The normalized spacial score (nSPS) is 12.1. The molecule has 34 heavy (non-hydrogen) atoms. The average molecular weight is 484 g/mol. The van der Waals surface area contributed by atoms with Crippen molar-refractivity contribution >= 4 is 32.7 Å². The smallest absolute Gasteiger partial charge is 0.241 e. The van der Waals surface area contributed by atoms with Crippen LogP contribution in [0.2, 0.25) is 0 Å². The molecule has 0 aliphatic carbocycles. The molecule has 3 aromatic rings. The zero-order valence-corrected chi connectivity index (χ0v) is 18.3. The third-order valence-corrected chi connectivity index (χ3v) is 6.36. The van der Waals surface area contributed by atoms with E-state index in [2.05, 4.69) is 0 Å². The largest absolute Gasteiger partial charge is 0.550 e. The van der Waals surface area contributed by atoms with Gasteiger partial charge in [-0.15, -0.1) is 0 Å². The van der Waals surface area contributed by atoms with Crippen molar-refractivity contribution < 1.29 is 37.3 Å². The lowest BCUT2D eigenvalue weighted by Gasteiger charge is -2.20. The van der Waals surface area contributed by atoms with E-state index in [1.807, 2.05) is 10.8 Å². The highest BCUT2D eigenvalue weighted by molar-refractivity contribution is 7.89. The molecule has 1 N–H and O–H groups in total. The molecule has 0 bridgehead atoms. The van der Waals surface area contributed by atoms with Gasteiger partial charge in [0.25, 0.3) is 0 Å². The van der Waals surface area contributed by atoms with E-state index in [1.165, 1.54) is 30.3 Å². The standard InChI is InChI=1S/C23H19FN2O7S/c24-20-9-14(12-25)1-2-17(20)13-33-18-5-3-16-11-19(6-4-15(16)10-18)34(31,32)26-21(23(29)30)7-8-22(27)28/h1-6,9-11,21,26H,7-8,13H2,(H,27,28)(H,29,30)/p-2/t21-/m1/s1. The van der Waals surface area contributed by atoms with Crippen molar-refractivity contribution in [2.75, 3.05) is 0 Å². The van der Waals surface area contributed by atoms with Crippen molar-refractivity contribution in [1.82, 2.24) is 4.72 Å². The molecule has 9 nitrogen and oxygen atoms in total. The predicted octanol–water partition coefficient (Wildman–Crippen LogP) is 0.356. The molecule has 1 atom stereocenters. The molecule has 0 amide bonds. The van der Waals surface area contributed by atoms with E-state index >= 15 is 0 Å². The summed E-state index contributed by atoms with van der Waals surface area (Å²) in [6, 6.07) is 12.9. The number of carbonyl (C=O) groups excluding carboxylic acids is 2. The molecule has 0 fully saturated rings. The molecule has 0 heterocycles. The van der Waals surface area contributed by atoms with Gasteiger partial charge in [-0.2, -0.15) is 5.26 Å². The Morgan fingerprint density at radius 2 is 1.76 bits per heavy atom. The predicted molar refractivity (Wildman–Crippen MR) is 113 cm³/mol. The zero-order valence-electron chi connectivity index (χ0n) is 17.5. The summed E-state index contributed by atoms with van der Waals surface area (Å²) < 4.78 is 46.7. The topological polar surface area (TPSA) is 159 Å². The highest BCUT2D eigenvalue weighted by Crippen LogP contribution is 2.25. The van der Waals surface area contributed by atoms with E-state index in [-0.39, 0.29) is 22.6 Å². The van der Waals surface area contributed by atoms with Crippen molar-refractivity contribution in [3.05, 3.63) is 71.5 Å². The van der Waals surface area contributed by atoms with Gasteiger partial charge in [-0.05, 0) is 60.0 Å². The van der Waals surface area contributed by atoms with Gasteiger partial charge in [0.2, 0.25) is 10.0 Å². The van der Waals surface area contributed by atoms with E-state index in [1.54, 1.807) is 18.2 Å². The monoisotopic (exact) mass is 484 g/mol. The molecule has 0 aliphatic heterocycles. The average Bonchev–Trinajstić information content (AvgIpc) is 2.80. The fraction of sp³-hybridized carbons (Fsp3) is 0.174. The summed E-state index contributed by atoms with van der Waals surface area (Å²) in [6.07, 6.45) is -1.19. The van der Waals surface area contributed by atoms with Gasteiger partial charge < -0.3 is 24.5 Å². The van der Waals surface area contributed by atoms with Crippen LogP contribution in [0.15, 0.2) is 59.5 Å². The number of fused-ring (bicyclic) bond motifs is 1. The molecule has 0 saturated heterocycles. The van der Waals surface area contributed by atoms with Crippen LogP contribution in [0.1, 0.15) is 24.0 Å². The Balaban J connectivity index is 1.76. The van der Waals surface area contributed by atoms with Crippen LogP contribution in [0.4, 0.5) is 4.39 Å². The number of rotatable bonds is 10. The summed E-state index contributed by atoms with van der Waals surface area (Å²) in [7, 11) is -4.29. The summed E-state index contributed by atoms with van der Waals surface area (Å²) in [5, 5.41) is 31.7. The van der Waals surface area contributed by atoms with Crippen LogP contribution in [-0.4, -0.2) is 26.4 Å². The van der Waals surface area contributed by atoms with Gasteiger partial charge in [0, 0.05) is 11.5 Å². The van der Waals surface area contributed by atoms with Crippen molar-refractivity contribution in [2.45, 2.75) is 30.4 Å². The SMILES string of the molecule is N#Cc1ccc(COc2ccc3cc(S(=O)(=O)N[C@H](CCC(=O)[O-])C(=O)[O-])ccc3c2)c(F)c1. The van der Waals surface area contributed by atoms with Crippen molar-refractivity contribution in [1.29, 1.82) is 5.26 Å². The van der Waals surface area contributed by atoms with Crippen molar-refractivity contribution in [2.24, 2.45) is 0 Å². The van der Waals surface area contributed by atoms with Crippen LogP contribution in [-0.2, 0) is 26.2 Å². The molecule has 0 radical (unpaired) electrons. The highest BCUT2D eigenvalue weighted by Gasteiger charge is 2.21. The first-order valence-corrected chi connectivity index (χ1v) is 11.4. The number of carboxylic acid groups (broad SMARTS) is 2. The number of carbonyl (C=O) groups is 2. The third kappa shape index (κ3) is 6.06. The fourth-order valence-corrected chi connectivity index (χ4v) is 4.35. The maximum Gasteiger partial charge on any atom is 0.241 e. The Kier molecular flexibility index (Phi) is 7.45. The van der Waals surface area contributed by atoms with Gasteiger partial charge in [0.15, 0.2) is 0 Å². The lowest BCUT2D eigenvalue weighted by atomic mass is 10.1. The van der Waals surface area contributed by atoms with Gasteiger partial charge >= 0.3 is 0 Å². The Morgan fingerprint density at radius 3 is 2.41 bits per heavy atom. The second kappa shape index (κ2) is 10.3. The zero-order chi connectivity index (χ0) is 24.9. The van der Waals surface area contributed by atoms with Crippen molar-refractivity contribution in [3.63, 3.8) is 0 Å². The molecule has 3 rings (SSSR count). The fourth-order valence-electron chi connectivity index (χ4n) is 3.10. The van der Waals surface area contributed by atoms with Gasteiger partial charge in [0.05, 0.1) is 28.5 Å². The first kappa shape index (κ1) is 24.6. The van der Waals surface area contributed by atoms with Crippen LogP contribution in [0.3, 0.4) is 0 Å². The van der Waals surface area contributed by atoms with Crippen LogP contribution in [0.5, 0.6) is 5.75 Å². The number of aliphatic carboxylic acids is 2. The first-order valence-electron chi connectivity index (χ1n) is 9.87. The number of hydrogen-bond donors (Lipinski definition) is 1. The van der Waals surface area contributed by atoms with Crippen LogP contribution < -0.4 is 19.7 Å². The van der Waals surface area contributed by atoms with Crippen molar-refractivity contribution in [3.8, 4) is 11.8 Å². The molecule has 0 aromatic heterocycles. The summed E-state index contributed by atoms with van der Waals surface area (Å²) >= 11 is 0. The lowest BCUT2D eigenvalue weighted by Crippen LogP contribution is -2.48. The number of ether oxygens (including phenoxy) is 1. The second-order valence-electron chi connectivity index (χ2n) is 7.28. The van der Waals surface area contributed by atoms with Crippen LogP contribution in [0, 0.1) is 17.1 Å². The Hall–Kier alpha value is -4.01. The highest BCUT2D eigenvalue weighted by atomic mass is 32.2. The molecule has 0 spiro atoms. The molecule has 0 saturated carbocycles. The Morgan fingerprint density at radius 1 is 1.06 bits per heavy atom. The molecule has 0 aliphatic rings. The number of nitrogens with one attached hydrogen (secondary N) is 1. The van der Waals surface area contributed by atoms with Crippen LogP contribution >= 0.6 is 0 Å². The molecule has 176 valence electrons. The second-order valence-corrected chi connectivity index (χ2v) is 9.00. The maximum atomic E-state index is 14.0. The number of nitriles is 1. The Bertz CT molecular complexity index is 1400. The van der Waals surface area contributed by atoms with E-state index < -0.39 is 46.7 Å². The van der Waals surface area contributed by atoms with E-state index in [0.717, 1.165) is 6.07 Å². The number of benzene rings is 3. The summed E-state index contributed by atoms with van der Waals surface area (Å²) in [5.74, 6) is -3.46. The molecular weight excluding hydrogens is 467 g/mol. The molecule has 0 unspecified atom stereocenters. The number of nitrogens with zero attached hydrogens (tertiary/aromatic N) is 1. The van der Waals surface area contributed by atoms with Gasteiger partial charge in [-0.25, -0.2) is 17.5 Å². The van der Waals surface area contributed by atoms with E-state index in [0.29, 0.717) is 16.5 Å². The molecule has 3 aromatic carbocycles. The number of halogens is 1. The molecule has 11 heteroatoms. The minimum absolute atomic E-state index is 0.0874. The minimum atomic E-state index is -4.29. The van der Waals surface area contributed by atoms with Crippen LogP contribution in [0.25, 0.3) is 10.8 Å². The summed E-state index contributed by atoms with van der Waals surface area (Å²) in [5.41, 5.74) is 0.449. The van der Waals surface area contributed by atoms with Gasteiger partial charge in [-0.1, -0.05) is 18.2 Å². The first-order chi connectivity index (χ1) is 16.1. The molecular formula is C23H17FN2O7S-2. The lowest BCUT2D eigenvalue weighted by molar-refractivity contribution is -0.309.